The van der Waals surface area contributed by atoms with Crippen LogP contribution in [0.3, 0.4) is 0 Å². The standard InChI is InChI=1S/C19H47N2O15P5/c1-5-7-9-13-20(3)15-11-18(22,39(28,29)30)37(24,25)17-38(26,27)36-41(34,35)19(23,40(31,32)33)12-16-21(4)14-10-8-6-2/h22-23H,5-17H2,1-4H3,(H,24,25)(H,26,27)(H,34,35)(H2,28,29,30)(H2,31,32,33). The molecule has 9 N–H and O–H groups in total. The second-order valence-electron chi connectivity index (χ2n) is 10.2. The highest BCUT2D eigenvalue weighted by Gasteiger charge is 2.65. The molecule has 0 aliphatic carbocycles. The molecule has 248 valence electrons. The van der Waals surface area contributed by atoms with Crippen LogP contribution in [0.1, 0.15) is 65.2 Å². The minimum absolute atomic E-state index is 0.339. The monoisotopic (exact) mass is 698 g/mol. The Morgan fingerprint density at radius 1 is 0.610 bits per heavy atom. The molecule has 0 bridgehead atoms. The Bertz CT molecular complexity index is 989. The number of hydrogen-bond acceptors (Lipinski definition) is 10. The molecule has 0 amide bonds. The van der Waals surface area contributed by atoms with Crippen molar-refractivity contribution in [2.75, 3.05) is 46.2 Å². The maximum absolute atomic E-state index is 13.0. The molecule has 0 aromatic heterocycles. The van der Waals surface area contributed by atoms with Crippen LogP contribution in [0.25, 0.3) is 0 Å². The summed E-state index contributed by atoms with van der Waals surface area (Å²) in [5.74, 6) is -2.18. The predicted octanol–water partition coefficient (Wildman–Crippen LogP) is 2.27. The largest absolute Gasteiger partial charge is 0.379 e. The van der Waals surface area contributed by atoms with E-state index >= 15 is 0 Å². The average molecular weight is 698 g/mol. The topological polar surface area (TPSA) is 283 Å². The van der Waals surface area contributed by atoms with Gasteiger partial charge in [-0.1, -0.05) is 39.5 Å². The maximum atomic E-state index is 13.0. The predicted molar refractivity (Wildman–Crippen MR) is 153 cm³/mol. The fourth-order valence-corrected chi connectivity index (χ4v) is 14.6. The summed E-state index contributed by atoms with van der Waals surface area (Å²) in [4.78, 5) is 72.7. The zero-order valence-corrected chi connectivity index (χ0v) is 28.3. The summed E-state index contributed by atoms with van der Waals surface area (Å²) in [6.45, 7) is 3.92. The molecule has 0 saturated heterocycles. The molecule has 22 heteroatoms. The normalized spacial score (nSPS) is 20.7. The molecule has 0 spiro atoms. The minimum atomic E-state index is -6.23. The van der Waals surface area contributed by atoms with Gasteiger partial charge < -0.3 is 54.3 Å². The summed E-state index contributed by atoms with van der Waals surface area (Å²) in [7, 11) is -27.0. The highest BCUT2D eigenvalue weighted by molar-refractivity contribution is 7.84. The van der Waals surface area contributed by atoms with Crippen LogP contribution < -0.4 is 0 Å². The molecule has 5 unspecified atom stereocenters. The van der Waals surface area contributed by atoms with Gasteiger partial charge >= 0.3 is 30.4 Å². The zero-order valence-electron chi connectivity index (χ0n) is 23.8. The van der Waals surface area contributed by atoms with Crippen molar-refractivity contribution in [1.82, 2.24) is 9.80 Å². The molecule has 0 saturated carbocycles. The molecular weight excluding hydrogens is 651 g/mol. The lowest BCUT2D eigenvalue weighted by Crippen LogP contribution is -2.36. The van der Waals surface area contributed by atoms with Crippen molar-refractivity contribution in [1.29, 1.82) is 0 Å². The van der Waals surface area contributed by atoms with Gasteiger partial charge in [0.1, 0.15) is 5.90 Å². The smallest absolute Gasteiger partial charge is 0.369 e. The average Bonchev–Trinajstić information content (AvgIpc) is 2.78. The third-order valence-electron chi connectivity index (χ3n) is 6.50. The lowest BCUT2D eigenvalue weighted by atomic mass is 10.2. The van der Waals surface area contributed by atoms with Crippen molar-refractivity contribution < 1.29 is 71.6 Å². The van der Waals surface area contributed by atoms with Crippen molar-refractivity contribution in [2.24, 2.45) is 0 Å². The Morgan fingerprint density at radius 2 is 0.976 bits per heavy atom. The van der Waals surface area contributed by atoms with E-state index in [-0.39, 0.29) is 13.1 Å². The van der Waals surface area contributed by atoms with Crippen LogP contribution in [0.15, 0.2) is 0 Å². The number of rotatable bonds is 22. The molecule has 0 aliphatic heterocycles. The summed E-state index contributed by atoms with van der Waals surface area (Å²) in [5, 5.41) is 13.6. The lowest BCUT2D eigenvalue weighted by Gasteiger charge is -2.36. The first-order valence-corrected chi connectivity index (χ1v) is 21.3. The van der Waals surface area contributed by atoms with Crippen LogP contribution in [-0.4, -0.2) is 111 Å². The Morgan fingerprint density at radius 3 is 1.32 bits per heavy atom. The van der Waals surface area contributed by atoms with Crippen LogP contribution in [0.4, 0.5) is 0 Å². The van der Waals surface area contributed by atoms with Crippen molar-refractivity contribution in [3.8, 4) is 0 Å². The van der Waals surface area contributed by atoms with Gasteiger partial charge in [-0.2, -0.15) is 0 Å². The molecular formula is C19H47N2O15P5. The number of aliphatic hydroxyl groups is 2. The van der Waals surface area contributed by atoms with Gasteiger partial charge in [-0.25, -0.2) is 4.31 Å². The number of nitrogens with zero attached hydrogens (tertiary/aromatic N) is 2. The van der Waals surface area contributed by atoms with Crippen molar-refractivity contribution in [3.05, 3.63) is 0 Å². The summed E-state index contributed by atoms with van der Waals surface area (Å²) >= 11 is 0. The van der Waals surface area contributed by atoms with Gasteiger partial charge in [0, 0.05) is 25.9 Å². The molecule has 17 nitrogen and oxygen atoms in total. The lowest BCUT2D eigenvalue weighted by molar-refractivity contribution is 0.112. The molecule has 41 heavy (non-hydrogen) atoms. The van der Waals surface area contributed by atoms with Gasteiger partial charge in [0.05, 0.1) is 0 Å². The number of unbranched alkanes of at least 4 members (excludes halogenated alkanes) is 4. The first kappa shape index (κ1) is 41.7. The fourth-order valence-electron chi connectivity index (χ4n) is 3.76. The SMILES string of the molecule is CCCCCN(C)CCC(O)(P(=O)(O)O)P(=O)(O)CP(=O)(O)OP(=O)(O)C(O)(CCN(C)CCCCC)P(=O)(O)O. The molecule has 0 aliphatic rings. The first-order valence-electron chi connectivity index (χ1n) is 12.9. The summed E-state index contributed by atoms with van der Waals surface area (Å²) < 4.78 is 67.0. The summed E-state index contributed by atoms with van der Waals surface area (Å²) in [6.07, 6.45) is 2.48. The Balaban J connectivity index is 6.03. The second kappa shape index (κ2) is 16.3. The van der Waals surface area contributed by atoms with E-state index < -0.39 is 66.7 Å². The summed E-state index contributed by atoms with van der Waals surface area (Å²) in [5.41, 5.74) is 0. The molecule has 0 rings (SSSR count). The highest BCUT2D eigenvalue weighted by Crippen LogP contribution is 2.80. The Kier molecular flexibility index (Phi) is 16.6. The molecule has 0 radical (unpaired) electrons. The van der Waals surface area contributed by atoms with Crippen molar-refractivity contribution in [2.45, 2.75) is 75.4 Å². The zero-order chi connectivity index (χ0) is 32.6. The van der Waals surface area contributed by atoms with Crippen LogP contribution in [-0.2, 0) is 27.1 Å². The van der Waals surface area contributed by atoms with E-state index in [9.17, 15) is 67.3 Å². The number of hydrogen-bond donors (Lipinski definition) is 9. The Hall–Kier alpha value is 0.670. The van der Waals surface area contributed by atoms with Gasteiger partial charge in [-0.05, 0) is 40.0 Å². The van der Waals surface area contributed by atoms with Gasteiger partial charge in [-0.15, -0.1) is 0 Å². The van der Waals surface area contributed by atoms with Crippen LogP contribution in [0.2, 0.25) is 0 Å². The maximum Gasteiger partial charge on any atom is 0.379 e. The molecule has 0 heterocycles. The third kappa shape index (κ3) is 12.2. The van der Waals surface area contributed by atoms with E-state index in [0.29, 0.717) is 25.9 Å². The van der Waals surface area contributed by atoms with Gasteiger partial charge in [-0.3, -0.25) is 22.8 Å². The highest BCUT2D eigenvalue weighted by atomic mass is 31.3. The van der Waals surface area contributed by atoms with E-state index in [2.05, 4.69) is 4.31 Å². The molecule has 0 aromatic rings. The van der Waals surface area contributed by atoms with E-state index in [1.165, 1.54) is 23.9 Å². The van der Waals surface area contributed by atoms with Crippen molar-refractivity contribution >= 4 is 37.8 Å². The first-order chi connectivity index (χ1) is 18.3. The van der Waals surface area contributed by atoms with E-state index in [4.69, 9.17) is 0 Å². The van der Waals surface area contributed by atoms with E-state index in [1.54, 1.807) is 0 Å². The van der Waals surface area contributed by atoms with Crippen molar-refractivity contribution in [3.63, 3.8) is 0 Å². The quantitative estimate of drug-likeness (QED) is 0.0579. The summed E-state index contributed by atoms with van der Waals surface area (Å²) in [6, 6.07) is 0. The van der Waals surface area contributed by atoms with E-state index in [0.717, 1.165) is 25.7 Å². The van der Waals surface area contributed by atoms with Crippen LogP contribution in [0.5, 0.6) is 0 Å². The van der Waals surface area contributed by atoms with Gasteiger partial charge in [0.15, 0.2) is 0 Å². The fraction of sp³-hybridized carbons (Fsp3) is 1.00. The molecule has 5 atom stereocenters. The molecule has 0 aromatic carbocycles. The Labute approximate surface area is 240 Å². The van der Waals surface area contributed by atoms with E-state index in [1.807, 2.05) is 13.8 Å². The minimum Gasteiger partial charge on any atom is -0.369 e. The second-order valence-corrected chi connectivity index (χ2v) is 21.6. The van der Waals surface area contributed by atoms with Crippen LogP contribution >= 0.6 is 37.8 Å². The van der Waals surface area contributed by atoms with Crippen LogP contribution in [0, 0.1) is 0 Å². The van der Waals surface area contributed by atoms with Gasteiger partial charge in [0.25, 0.3) is 12.5 Å². The third-order valence-corrected chi connectivity index (χ3v) is 19.4. The molecule has 0 fully saturated rings. The van der Waals surface area contributed by atoms with Gasteiger partial charge in [0.2, 0.25) is 5.08 Å².